The van der Waals surface area contributed by atoms with Gasteiger partial charge in [0, 0.05) is 0 Å². The molecule has 16 heavy (non-hydrogen) atoms. The Labute approximate surface area is 110 Å². The topological polar surface area (TPSA) is 34.1 Å². The normalized spacial score (nSPS) is 9.12. The van der Waals surface area contributed by atoms with Crippen LogP contribution in [0.4, 0.5) is 0 Å². The van der Waals surface area contributed by atoms with Crippen LogP contribution in [0.1, 0.15) is 36.2 Å². The van der Waals surface area contributed by atoms with Gasteiger partial charge >= 0.3 is 21.1 Å². The van der Waals surface area contributed by atoms with Crippen molar-refractivity contribution in [1.82, 2.24) is 0 Å². The Bertz CT molecular complexity index is 422. The third kappa shape index (κ3) is 4.24. The summed E-state index contributed by atoms with van der Waals surface area (Å²) in [5, 5.41) is 0. The number of carbonyl (C=O) groups is 2. The second-order valence-electron chi connectivity index (χ2n) is 3.44. The van der Waals surface area contributed by atoms with Crippen molar-refractivity contribution >= 4 is 17.1 Å². The molecule has 0 heterocycles. The summed E-state index contributed by atoms with van der Waals surface area (Å²) in [5.74, 6) is -0.0680. The molecule has 1 aromatic rings. The van der Waals surface area contributed by atoms with E-state index in [2.05, 4.69) is 6.07 Å². The van der Waals surface area contributed by atoms with E-state index in [0.717, 1.165) is 0 Å². The molecule has 0 radical (unpaired) electrons. The van der Waals surface area contributed by atoms with Gasteiger partial charge in [0.25, 0.3) is 0 Å². The van der Waals surface area contributed by atoms with Gasteiger partial charge in [-0.2, -0.15) is 0 Å². The summed E-state index contributed by atoms with van der Waals surface area (Å²) < 4.78 is 0. The molecule has 0 aliphatic carbocycles. The Morgan fingerprint density at radius 1 is 1.25 bits per heavy atom. The fraction of sp³-hybridized carbons (Fsp3) is 0.231. The number of carbonyl (C=O) groups excluding carboxylic acids is 2. The van der Waals surface area contributed by atoms with E-state index in [0.29, 0.717) is 16.7 Å². The van der Waals surface area contributed by atoms with Gasteiger partial charge in [0.05, 0.1) is 5.78 Å². The zero-order valence-corrected chi connectivity index (χ0v) is 12.2. The summed E-state index contributed by atoms with van der Waals surface area (Å²) in [6, 6.07) is 8.03. The first-order valence-electron chi connectivity index (χ1n) is 4.65. The standard InChI is InChI=1S/C13H12O2.W/c1-9(7-10(2)14)12-5-4-6-13(8-12)11(3)15;/h1,4-6H,7H2,2-3H3;/q-2;+2. The van der Waals surface area contributed by atoms with Crippen molar-refractivity contribution in [1.29, 1.82) is 0 Å². The molecule has 1 aromatic carbocycles. The third-order valence-electron chi connectivity index (χ3n) is 1.96. The van der Waals surface area contributed by atoms with Crippen molar-refractivity contribution in [2.75, 3.05) is 0 Å². The van der Waals surface area contributed by atoms with E-state index in [9.17, 15) is 9.59 Å². The van der Waals surface area contributed by atoms with Crippen LogP contribution in [0.15, 0.2) is 18.2 Å². The number of allylic oxidation sites excluding steroid dienone is 1. The van der Waals surface area contributed by atoms with Gasteiger partial charge in [-0.3, -0.25) is 11.1 Å². The minimum absolute atomic E-state index is 0. The largest absolute Gasteiger partial charge is 2.00 e. The number of hydrogen-bond donors (Lipinski definition) is 0. The van der Waals surface area contributed by atoms with Crippen LogP contribution in [0.25, 0.3) is 5.57 Å². The van der Waals surface area contributed by atoms with E-state index in [1.807, 2.05) is 0 Å². The van der Waals surface area contributed by atoms with E-state index in [1.54, 1.807) is 18.2 Å². The quantitative estimate of drug-likeness (QED) is 0.591. The molecule has 0 fully saturated rings. The summed E-state index contributed by atoms with van der Waals surface area (Å²) >= 11 is 0. The molecule has 0 bridgehead atoms. The van der Waals surface area contributed by atoms with Crippen LogP contribution < -0.4 is 0 Å². The fourth-order valence-corrected chi connectivity index (χ4v) is 1.23. The molecule has 0 aliphatic heterocycles. The first kappa shape index (κ1) is 15.0. The molecular weight excluding hydrogens is 372 g/mol. The van der Waals surface area contributed by atoms with E-state index in [-0.39, 0.29) is 39.1 Å². The van der Waals surface area contributed by atoms with Gasteiger partial charge in [-0.1, -0.05) is 0 Å². The summed E-state index contributed by atoms with van der Waals surface area (Å²) in [4.78, 5) is 22.0. The van der Waals surface area contributed by atoms with Crippen molar-refractivity contribution in [3.63, 3.8) is 0 Å². The van der Waals surface area contributed by atoms with Gasteiger partial charge in [0.15, 0.2) is 0 Å². The first-order chi connectivity index (χ1) is 7.00. The Morgan fingerprint density at radius 3 is 2.31 bits per heavy atom. The van der Waals surface area contributed by atoms with Gasteiger partial charge in [0.1, 0.15) is 5.78 Å². The first-order valence-corrected chi connectivity index (χ1v) is 4.65. The minimum atomic E-state index is -0.0625. The second-order valence-corrected chi connectivity index (χ2v) is 3.44. The number of rotatable bonds is 4. The Morgan fingerprint density at radius 2 is 1.81 bits per heavy atom. The molecule has 0 aromatic heterocycles. The van der Waals surface area contributed by atoms with Gasteiger partial charge < -0.3 is 16.2 Å². The molecule has 3 heteroatoms. The van der Waals surface area contributed by atoms with Crippen LogP contribution in [0, 0.1) is 12.6 Å². The van der Waals surface area contributed by atoms with Crippen molar-refractivity contribution < 1.29 is 30.7 Å². The zero-order valence-electron chi connectivity index (χ0n) is 9.24. The molecule has 82 valence electrons. The molecule has 0 saturated carbocycles. The number of benzene rings is 1. The Balaban J connectivity index is 0.00000225. The predicted molar refractivity (Wildman–Crippen MR) is 58.3 cm³/mol. The molecule has 0 amide bonds. The van der Waals surface area contributed by atoms with Crippen molar-refractivity contribution in [3.8, 4) is 0 Å². The maximum Gasteiger partial charge on any atom is 2.00 e. The molecule has 0 unspecified atom stereocenters. The van der Waals surface area contributed by atoms with Crippen LogP contribution in [-0.2, 0) is 25.9 Å². The van der Waals surface area contributed by atoms with Crippen LogP contribution in [0.3, 0.4) is 0 Å². The average molecular weight is 384 g/mol. The molecular formula is C13H12O2W. The monoisotopic (exact) mass is 384 g/mol. The average Bonchev–Trinajstić information content (AvgIpc) is 2.17. The molecule has 0 spiro atoms. The van der Waals surface area contributed by atoms with Crippen molar-refractivity contribution in [3.05, 3.63) is 42.0 Å². The molecule has 1 rings (SSSR count). The van der Waals surface area contributed by atoms with Crippen LogP contribution in [-0.4, -0.2) is 11.6 Å². The Hall–Kier alpha value is -1.01. The van der Waals surface area contributed by atoms with Gasteiger partial charge in [-0.05, 0) is 20.3 Å². The second kappa shape index (κ2) is 6.54. The number of ketones is 2. The van der Waals surface area contributed by atoms with Gasteiger partial charge in [-0.25, -0.2) is 12.1 Å². The zero-order chi connectivity index (χ0) is 11.4. The van der Waals surface area contributed by atoms with Gasteiger partial charge in [-0.15, -0.1) is 17.7 Å². The smallest absolute Gasteiger partial charge is 0.341 e. The van der Waals surface area contributed by atoms with E-state index in [4.69, 9.17) is 6.58 Å². The van der Waals surface area contributed by atoms with E-state index < -0.39 is 0 Å². The Kier molecular flexibility index (Phi) is 6.13. The number of hydrogen-bond acceptors (Lipinski definition) is 2. The molecule has 2 nitrogen and oxygen atoms in total. The molecule has 0 atom stereocenters. The van der Waals surface area contributed by atoms with Crippen molar-refractivity contribution in [2.24, 2.45) is 0 Å². The summed E-state index contributed by atoms with van der Waals surface area (Å²) in [6.45, 7) is 8.66. The van der Waals surface area contributed by atoms with Crippen LogP contribution in [0.2, 0.25) is 0 Å². The van der Waals surface area contributed by atoms with E-state index >= 15 is 0 Å². The minimum Gasteiger partial charge on any atom is -0.341 e. The predicted octanol–water partition coefficient (Wildman–Crippen LogP) is 2.48. The summed E-state index contributed by atoms with van der Waals surface area (Å²) in [6.07, 6.45) is 0.192. The fourth-order valence-electron chi connectivity index (χ4n) is 1.23. The number of Topliss-reactive ketones (excluding diaryl/α,β-unsaturated/α-hetero) is 2. The molecule has 0 aliphatic rings. The third-order valence-corrected chi connectivity index (χ3v) is 1.96. The maximum atomic E-state index is 11.1. The summed E-state index contributed by atoms with van der Waals surface area (Å²) in [5.41, 5.74) is 1.56. The van der Waals surface area contributed by atoms with Crippen LogP contribution >= 0.6 is 0 Å². The van der Waals surface area contributed by atoms with Gasteiger partial charge in [0.2, 0.25) is 0 Å². The molecule has 0 saturated heterocycles. The maximum absolute atomic E-state index is 11.1. The van der Waals surface area contributed by atoms with Crippen LogP contribution in [0.5, 0.6) is 0 Å². The van der Waals surface area contributed by atoms with Crippen molar-refractivity contribution in [2.45, 2.75) is 20.3 Å². The summed E-state index contributed by atoms with van der Waals surface area (Å²) in [7, 11) is 0. The van der Waals surface area contributed by atoms with E-state index in [1.165, 1.54) is 13.8 Å². The molecule has 0 N–H and O–H groups in total. The SMILES string of the molecule is [CH-]=C(CC(C)=O)c1[c-]c(C(C)=O)ccc1.[W+2].